The molecule has 0 unspecified atom stereocenters. The summed E-state index contributed by atoms with van der Waals surface area (Å²) in [6.07, 6.45) is 0. The molecule has 2 aromatic carbocycles. The Hall–Kier alpha value is -0.840. The average Bonchev–Trinajstić information content (AvgIpc) is 2.39. The van der Waals surface area contributed by atoms with E-state index in [1.807, 2.05) is 18.2 Å². The van der Waals surface area contributed by atoms with Crippen LogP contribution in [0, 0.1) is 5.82 Å². The van der Waals surface area contributed by atoms with Crippen LogP contribution in [0.2, 0.25) is 0 Å². The zero-order valence-corrected chi connectivity index (χ0v) is 12.1. The molecule has 2 rings (SSSR count). The third kappa shape index (κ3) is 3.57. The monoisotopic (exact) mass is 325 g/mol. The van der Waals surface area contributed by atoms with Gasteiger partial charge in [0.25, 0.3) is 0 Å². The second-order valence-corrected chi connectivity index (χ2v) is 5.84. The molecule has 0 bridgehead atoms. The molecule has 0 spiro atoms. The fourth-order valence-corrected chi connectivity index (χ4v) is 2.68. The van der Waals surface area contributed by atoms with Gasteiger partial charge < -0.3 is 5.73 Å². The van der Waals surface area contributed by atoms with Crippen molar-refractivity contribution in [3.63, 3.8) is 0 Å². The van der Waals surface area contributed by atoms with Crippen molar-refractivity contribution in [3.05, 3.63) is 63.9 Å². The fourth-order valence-electron chi connectivity index (χ4n) is 1.57. The van der Waals surface area contributed by atoms with E-state index >= 15 is 0 Å². The first kappa shape index (κ1) is 13.6. The van der Waals surface area contributed by atoms with Crippen molar-refractivity contribution in [2.45, 2.75) is 17.2 Å². The molecule has 0 aliphatic heterocycles. The molecule has 2 aromatic rings. The van der Waals surface area contributed by atoms with Crippen molar-refractivity contribution in [2.24, 2.45) is 5.73 Å². The minimum Gasteiger partial charge on any atom is -0.326 e. The van der Waals surface area contributed by atoms with Crippen molar-refractivity contribution in [1.29, 1.82) is 0 Å². The molecule has 4 heteroatoms. The SMILES string of the molecule is NCc1cc(CSc2ccc(Br)cc2)ccc1F. The number of rotatable bonds is 4. The molecule has 0 aliphatic carbocycles. The second-order valence-electron chi connectivity index (χ2n) is 3.87. The van der Waals surface area contributed by atoms with Crippen LogP contribution >= 0.6 is 27.7 Å². The molecular weight excluding hydrogens is 313 g/mol. The number of benzene rings is 2. The van der Waals surface area contributed by atoms with E-state index in [2.05, 4.69) is 28.1 Å². The van der Waals surface area contributed by atoms with Gasteiger partial charge in [-0.25, -0.2) is 4.39 Å². The molecule has 0 aromatic heterocycles. The van der Waals surface area contributed by atoms with Gasteiger partial charge in [0.1, 0.15) is 5.82 Å². The first-order valence-corrected chi connectivity index (χ1v) is 7.32. The fraction of sp³-hybridized carbons (Fsp3) is 0.143. The maximum Gasteiger partial charge on any atom is 0.127 e. The maximum absolute atomic E-state index is 13.3. The van der Waals surface area contributed by atoms with Gasteiger partial charge in [0.2, 0.25) is 0 Å². The van der Waals surface area contributed by atoms with Crippen LogP contribution in [0.3, 0.4) is 0 Å². The minimum absolute atomic E-state index is 0.227. The lowest BCUT2D eigenvalue weighted by Gasteiger charge is -2.05. The van der Waals surface area contributed by atoms with Crippen molar-refractivity contribution in [1.82, 2.24) is 0 Å². The lowest BCUT2D eigenvalue weighted by molar-refractivity contribution is 0.610. The second kappa shape index (κ2) is 6.36. The summed E-state index contributed by atoms with van der Waals surface area (Å²) < 4.78 is 14.4. The summed E-state index contributed by atoms with van der Waals surface area (Å²) in [7, 11) is 0. The van der Waals surface area contributed by atoms with E-state index in [9.17, 15) is 4.39 Å². The Labute approximate surface area is 119 Å². The van der Waals surface area contributed by atoms with Gasteiger partial charge in [-0.2, -0.15) is 0 Å². The Balaban J connectivity index is 2.04. The summed E-state index contributed by atoms with van der Waals surface area (Å²) in [5.74, 6) is 0.587. The number of thioether (sulfide) groups is 1. The van der Waals surface area contributed by atoms with Gasteiger partial charge in [-0.15, -0.1) is 11.8 Å². The first-order valence-electron chi connectivity index (χ1n) is 5.55. The Morgan fingerprint density at radius 2 is 1.83 bits per heavy atom. The van der Waals surface area contributed by atoms with E-state index < -0.39 is 0 Å². The third-order valence-corrected chi connectivity index (χ3v) is 4.16. The van der Waals surface area contributed by atoms with Gasteiger partial charge in [0.15, 0.2) is 0 Å². The summed E-state index contributed by atoms with van der Waals surface area (Å²) in [5.41, 5.74) is 7.15. The molecule has 0 saturated carbocycles. The highest BCUT2D eigenvalue weighted by molar-refractivity contribution is 9.10. The Morgan fingerprint density at radius 1 is 1.11 bits per heavy atom. The molecule has 18 heavy (non-hydrogen) atoms. The summed E-state index contributed by atoms with van der Waals surface area (Å²) in [5, 5.41) is 0. The van der Waals surface area contributed by atoms with Crippen molar-refractivity contribution >= 4 is 27.7 Å². The van der Waals surface area contributed by atoms with E-state index in [4.69, 9.17) is 5.73 Å². The van der Waals surface area contributed by atoms with Gasteiger partial charge in [0.05, 0.1) is 0 Å². The van der Waals surface area contributed by atoms with Gasteiger partial charge in [-0.1, -0.05) is 28.1 Å². The van der Waals surface area contributed by atoms with Crippen LogP contribution in [0.25, 0.3) is 0 Å². The molecular formula is C14H13BrFNS. The molecule has 2 N–H and O–H groups in total. The smallest absolute Gasteiger partial charge is 0.127 e. The molecule has 0 saturated heterocycles. The summed E-state index contributed by atoms with van der Waals surface area (Å²) in [4.78, 5) is 1.19. The standard InChI is InChI=1S/C14H13BrFNS/c15-12-2-4-13(5-3-12)18-9-10-1-6-14(16)11(7-10)8-17/h1-7H,8-9,17H2. The largest absolute Gasteiger partial charge is 0.326 e. The molecule has 0 aliphatic rings. The topological polar surface area (TPSA) is 26.0 Å². The highest BCUT2D eigenvalue weighted by Gasteiger charge is 2.02. The molecule has 0 heterocycles. The van der Waals surface area contributed by atoms with E-state index in [0.717, 1.165) is 15.8 Å². The minimum atomic E-state index is -0.227. The Morgan fingerprint density at radius 3 is 2.50 bits per heavy atom. The van der Waals surface area contributed by atoms with E-state index in [-0.39, 0.29) is 12.4 Å². The predicted molar refractivity (Wildman–Crippen MR) is 78.0 cm³/mol. The summed E-state index contributed by atoms with van der Waals surface area (Å²) in [6, 6.07) is 13.3. The zero-order valence-electron chi connectivity index (χ0n) is 9.70. The number of hydrogen-bond donors (Lipinski definition) is 1. The number of halogens is 2. The van der Waals surface area contributed by atoms with Crippen molar-refractivity contribution in [3.8, 4) is 0 Å². The van der Waals surface area contributed by atoms with Crippen LogP contribution in [0.4, 0.5) is 4.39 Å². The molecule has 1 nitrogen and oxygen atoms in total. The number of hydrogen-bond acceptors (Lipinski definition) is 2. The molecule has 0 radical (unpaired) electrons. The van der Waals surface area contributed by atoms with E-state index in [1.54, 1.807) is 17.8 Å². The van der Waals surface area contributed by atoms with Crippen LogP contribution in [0.1, 0.15) is 11.1 Å². The van der Waals surface area contributed by atoms with Crippen LogP contribution < -0.4 is 5.73 Å². The van der Waals surface area contributed by atoms with Crippen LogP contribution in [-0.4, -0.2) is 0 Å². The van der Waals surface area contributed by atoms with Gasteiger partial charge in [0, 0.05) is 27.2 Å². The highest BCUT2D eigenvalue weighted by atomic mass is 79.9. The molecule has 0 fully saturated rings. The number of nitrogens with two attached hydrogens (primary N) is 1. The normalized spacial score (nSPS) is 10.6. The zero-order chi connectivity index (χ0) is 13.0. The van der Waals surface area contributed by atoms with Crippen molar-refractivity contribution in [2.75, 3.05) is 0 Å². The summed E-state index contributed by atoms with van der Waals surface area (Å²) >= 11 is 5.13. The summed E-state index contributed by atoms with van der Waals surface area (Å²) in [6.45, 7) is 0.239. The highest BCUT2D eigenvalue weighted by Crippen LogP contribution is 2.25. The first-order chi connectivity index (χ1) is 8.69. The van der Waals surface area contributed by atoms with E-state index in [0.29, 0.717) is 5.56 Å². The lowest BCUT2D eigenvalue weighted by Crippen LogP contribution is -2.00. The predicted octanol–water partition coefficient (Wildman–Crippen LogP) is 4.34. The van der Waals surface area contributed by atoms with Crippen LogP contribution in [0.5, 0.6) is 0 Å². The Bertz CT molecular complexity index is 528. The van der Waals surface area contributed by atoms with Crippen LogP contribution in [-0.2, 0) is 12.3 Å². The molecule has 0 atom stereocenters. The quantitative estimate of drug-likeness (QED) is 0.846. The maximum atomic E-state index is 13.3. The Kier molecular flexibility index (Phi) is 4.80. The van der Waals surface area contributed by atoms with Gasteiger partial charge >= 0.3 is 0 Å². The average molecular weight is 326 g/mol. The third-order valence-electron chi connectivity index (χ3n) is 2.55. The lowest BCUT2D eigenvalue weighted by atomic mass is 10.1. The van der Waals surface area contributed by atoms with Gasteiger partial charge in [-0.05, 0) is 35.9 Å². The molecule has 94 valence electrons. The van der Waals surface area contributed by atoms with E-state index in [1.165, 1.54) is 11.0 Å². The van der Waals surface area contributed by atoms with Gasteiger partial charge in [-0.3, -0.25) is 0 Å². The molecule has 0 amide bonds. The van der Waals surface area contributed by atoms with Crippen LogP contribution in [0.15, 0.2) is 51.8 Å². The van der Waals surface area contributed by atoms with Crippen molar-refractivity contribution < 1.29 is 4.39 Å².